The van der Waals surface area contributed by atoms with E-state index in [1.54, 1.807) is 13.3 Å². The number of benzene rings is 1. The average molecular weight is 452 g/mol. The first-order valence-corrected chi connectivity index (χ1v) is 12.1. The third-order valence-electron chi connectivity index (χ3n) is 7.29. The van der Waals surface area contributed by atoms with Crippen LogP contribution in [0.25, 0.3) is 0 Å². The lowest BCUT2D eigenvalue weighted by Gasteiger charge is -2.42. The fourth-order valence-electron chi connectivity index (χ4n) is 5.55. The first-order valence-electron chi connectivity index (χ1n) is 12.1. The van der Waals surface area contributed by atoms with Gasteiger partial charge in [-0.2, -0.15) is 0 Å². The number of ether oxygens (including phenoxy) is 3. The summed E-state index contributed by atoms with van der Waals surface area (Å²) in [7, 11) is 1.62. The maximum absolute atomic E-state index is 13.3. The number of aromatic nitrogens is 1. The first-order chi connectivity index (χ1) is 16.2. The summed E-state index contributed by atoms with van der Waals surface area (Å²) in [6, 6.07) is 12.0. The predicted octanol–water partition coefficient (Wildman–Crippen LogP) is 4.00. The van der Waals surface area contributed by atoms with Crippen LogP contribution in [0.3, 0.4) is 0 Å². The van der Waals surface area contributed by atoms with E-state index in [4.69, 9.17) is 14.2 Å². The number of piperidine rings is 1. The topological polar surface area (TPSA) is 72.9 Å². The molecular weight excluding hydrogens is 418 g/mol. The van der Waals surface area contributed by atoms with Gasteiger partial charge in [0, 0.05) is 18.8 Å². The maximum Gasteiger partial charge on any atom is 0.260 e. The van der Waals surface area contributed by atoms with Crippen LogP contribution in [0.5, 0.6) is 11.6 Å². The number of hydrogen-bond donors (Lipinski definition) is 1. The van der Waals surface area contributed by atoms with E-state index >= 15 is 0 Å². The van der Waals surface area contributed by atoms with Gasteiger partial charge in [0.05, 0.1) is 31.5 Å². The molecule has 0 spiro atoms. The Morgan fingerprint density at radius 2 is 1.94 bits per heavy atom. The van der Waals surface area contributed by atoms with Gasteiger partial charge in [-0.25, -0.2) is 4.98 Å². The van der Waals surface area contributed by atoms with E-state index in [0.29, 0.717) is 24.9 Å². The zero-order valence-corrected chi connectivity index (χ0v) is 19.2. The molecule has 3 aliphatic heterocycles. The quantitative estimate of drug-likeness (QED) is 0.761. The van der Waals surface area contributed by atoms with Gasteiger partial charge in [-0.15, -0.1) is 0 Å². The van der Waals surface area contributed by atoms with Crippen molar-refractivity contribution in [2.24, 2.45) is 0 Å². The van der Waals surface area contributed by atoms with Crippen molar-refractivity contribution < 1.29 is 19.0 Å². The lowest BCUT2D eigenvalue weighted by atomic mass is 9.82. The second-order valence-corrected chi connectivity index (χ2v) is 9.24. The molecule has 4 aliphatic rings. The summed E-state index contributed by atoms with van der Waals surface area (Å²) in [4.78, 5) is 19.6. The van der Waals surface area contributed by atoms with Crippen LogP contribution in [0.15, 0.2) is 42.6 Å². The molecule has 2 aromatic rings. The SMILES string of the molecule is COc1ncccc1N[C@H]1CCCN2C(=O)COc3ccccc3C3CCC(CC3)OC[C@@H]12. The van der Waals surface area contributed by atoms with Gasteiger partial charge in [0.2, 0.25) is 5.88 Å². The van der Waals surface area contributed by atoms with Crippen molar-refractivity contribution in [2.75, 3.05) is 32.2 Å². The molecule has 1 amide bonds. The predicted molar refractivity (Wildman–Crippen MR) is 126 cm³/mol. The molecule has 2 atom stereocenters. The number of fused-ring (bicyclic) bond motifs is 5. The molecular formula is C26H33N3O4. The molecule has 7 heteroatoms. The van der Waals surface area contributed by atoms with Crippen molar-refractivity contribution in [1.82, 2.24) is 9.88 Å². The van der Waals surface area contributed by atoms with Crippen molar-refractivity contribution in [3.05, 3.63) is 48.2 Å². The third-order valence-corrected chi connectivity index (χ3v) is 7.29. The summed E-state index contributed by atoms with van der Waals surface area (Å²) >= 11 is 0. The van der Waals surface area contributed by atoms with Crippen molar-refractivity contribution in [3.63, 3.8) is 0 Å². The van der Waals surface area contributed by atoms with Crippen molar-refractivity contribution in [2.45, 2.75) is 62.6 Å². The summed E-state index contributed by atoms with van der Waals surface area (Å²) in [6.45, 7) is 1.29. The standard InChI is InChI=1S/C26H33N3O4/c1-31-26-22(7-4-14-27-26)28-21-8-5-15-29-23(21)16-32-19-12-10-18(11-13-19)20-6-2-3-9-24(20)33-17-25(29)30/h2-4,6-7,9,14,18-19,21,23,28H,5,8,10-13,15-17H2,1H3/t18?,19?,21-,23-/m0/s1. The van der Waals surface area contributed by atoms with Crippen LogP contribution >= 0.6 is 0 Å². The summed E-state index contributed by atoms with van der Waals surface area (Å²) < 4.78 is 18.0. The molecule has 6 rings (SSSR count). The van der Waals surface area contributed by atoms with Gasteiger partial charge in [-0.1, -0.05) is 18.2 Å². The molecule has 33 heavy (non-hydrogen) atoms. The Bertz CT molecular complexity index is 960. The van der Waals surface area contributed by atoms with Gasteiger partial charge < -0.3 is 24.4 Å². The number of nitrogens with zero attached hydrogens (tertiary/aromatic N) is 2. The maximum atomic E-state index is 13.3. The summed E-state index contributed by atoms with van der Waals surface area (Å²) in [6.07, 6.45) is 8.07. The molecule has 1 aliphatic carbocycles. The fraction of sp³-hybridized carbons (Fsp3) is 0.538. The summed E-state index contributed by atoms with van der Waals surface area (Å²) in [5.74, 6) is 1.88. The molecule has 1 saturated heterocycles. The Balaban J connectivity index is 1.41. The normalized spacial score (nSPS) is 27.8. The zero-order valence-electron chi connectivity index (χ0n) is 19.2. The molecule has 4 heterocycles. The van der Waals surface area contributed by atoms with Crippen LogP contribution in [0.1, 0.15) is 50.0 Å². The van der Waals surface area contributed by atoms with E-state index in [9.17, 15) is 4.79 Å². The monoisotopic (exact) mass is 451 g/mol. The highest BCUT2D eigenvalue weighted by Gasteiger charge is 2.37. The van der Waals surface area contributed by atoms with E-state index in [1.165, 1.54) is 5.56 Å². The second kappa shape index (κ2) is 10.00. The van der Waals surface area contributed by atoms with Gasteiger partial charge in [0.1, 0.15) is 5.75 Å². The van der Waals surface area contributed by atoms with E-state index < -0.39 is 0 Å². The Kier molecular flexibility index (Phi) is 6.67. The Morgan fingerprint density at radius 1 is 1.09 bits per heavy atom. The van der Waals surface area contributed by atoms with Crippen LogP contribution in [-0.2, 0) is 9.53 Å². The minimum atomic E-state index is -0.0755. The lowest BCUT2D eigenvalue weighted by Crippen LogP contribution is -2.57. The smallest absolute Gasteiger partial charge is 0.260 e. The van der Waals surface area contributed by atoms with Gasteiger partial charge in [-0.05, 0) is 68.2 Å². The summed E-state index contributed by atoms with van der Waals surface area (Å²) in [5, 5.41) is 3.60. The molecule has 1 aromatic carbocycles. The molecule has 7 nitrogen and oxygen atoms in total. The number of anilines is 1. The highest BCUT2D eigenvalue weighted by Crippen LogP contribution is 2.39. The highest BCUT2D eigenvalue weighted by molar-refractivity contribution is 5.78. The molecule has 1 N–H and O–H groups in total. The van der Waals surface area contributed by atoms with Crippen LogP contribution in [0.2, 0.25) is 0 Å². The number of nitrogens with one attached hydrogen (secondary N) is 1. The van der Waals surface area contributed by atoms with Crippen molar-refractivity contribution >= 4 is 11.6 Å². The number of carbonyl (C=O) groups is 1. The number of para-hydroxylation sites is 1. The number of pyridine rings is 1. The van der Waals surface area contributed by atoms with Gasteiger partial charge in [0.15, 0.2) is 6.61 Å². The van der Waals surface area contributed by atoms with Crippen LogP contribution < -0.4 is 14.8 Å². The van der Waals surface area contributed by atoms with Crippen LogP contribution in [0.4, 0.5) is 5.69 Å². The molecule has 0 radical (unpaired) electrons. The molecule has 2 fully saturated rings. The van der Waals surface area contributed by atoms with E-state index in [1.807, 2.05) is 29.2 Å². The molecule has 1 aromatic heterocycles. The Hall–Kier alpha value is -2.80. The zero-order chi connectivity index (χ0) is 22.6. The van der Waals surface area contributed by atoms with Gasteiger partial charge in [0.25, 0.3) is 5.91 Å². The number of rotatable bonds is 3. The van der Waals surface area contributed by atoms with Gasteiger partial charge in [-0.3, -0.25) is 4.79 Å². The number of amides is 1. The molecule has 1 saturated carbocycles. The van der Waals surface area contributed by atoms with Crippen molar-refractivity contribution in [1.29, 1.82) is 0 Å². The van der Waals surface area contributed by atoms with Crippen molar-refractivity contribution in [3.8, 4) is 11.6 Å². The molecule has 176 valence electrons. The van der Waals surface area contributed by atoms with Crippen LogP contribution in [0, 0.1) is 0 Å². The molecule has 2 bridgehead atoms. The minimum absolute atomic E-state index is 0.00893. The number of carbonyl (C=O) groups excluding carboxylic acids is 1. The van der Waals surface area contributed by atoms with E-state index in [-0.39, 0.29) is 30.7 Å². The van der Waals surface area contributed by atoms with Gasteiger partial charge >= 0.3 is 0 Å². The summed E-state index contributed by atoms with van der Waals surface area (Å²) in [5.41, 5.74) is 2.06. The third kappa shape index (κ3) is 4.78. The Labute approximate surface area is 195 Å². The average Bonchev–Trinajstić information content (AvgIpc) is 2.88. The fourth-order valence-corrected chi connectivity index (χ4v) is 5.55. The van der Waals surface area contributed by atoms with E-state index in [0.717, 1.165) is 50.0 Å². The number of methoxy groups -OCH3 is 1. The molecule has 0 unspecified atom stereocenters. The van der Waals surface area contributed by atoms with Crippen LogP contribution in [-0.4, -0.2) is 60.8 Å². The largest absolute Gasteiger partial charge is 0.483 e. The lowest BCUT2D eigenvalue weighted by molar-refractivity contribution is -0.140. The Morgan fingerprint density at radius 3 is 2.79 bits per heavy atom. The number of hydrogen-bond acceptors (Lipinski definition) is 6. The minimum Gasteiger partial charge on any atom is -0.483 e. The van der Waals surface area contributed by atoms with E-state index in [2.05, 4.69) is 22.4 Å². The first kappa shape index (κ1) is 22.0. The highest BCUT2D eigenvalue weighted by atomic mass is 16.5. The second-order valence-electron chi connectivity index (χ2n) is 9.24.